The number of hydrogen-bond donors (Lipinski definition) is 2. The quantitative estimate of drug-likeness (QED) is 0.833. The fraction of sp³-hybridized carbons (Fsp3) is 0.600. The molecule has 0 spiro atoms. The summed E-state index contributed by atoms with van der Waals surface area (Å²) in [4.78, 5) is 2.46. The zero-order valence-electron chi connectivity index (χ0n) is 11.6. The van der Waals surface area contributed by atoms with Crippen molar-refractivity contribution in [1.29, 1.82) is 0 Å². The highest BCUT2D eigenvalue weighted by molar-refractivity contribution is 5.44. The van der Waals surface area contributed by atoms with Crippen LogP contribution in [0.4, 0.5) is 5.69 Å². The Labute approximate surface area is 111 Å². The van der Waals surface area contributed by atoms with E-state index in [1.54, 1.807) is 0 Å². The predicted octanol–water partition coefficient (Wildman–Crippen LogP) is 1.95. The van der Waals surface area contributed by atoms with E-state index >= 15 is 0 Å². The molecule has 3 heteroatoms. The highest BCUT2D eigenvalue weighted by atomic mass is 15.2. The van der Waals surface area contributed by atoms with Crippen LogP contribution < -0.4 is 10.6 Å². The molecular weight excluding hydrogens is 222 g/mol. The van der Waals surface area contributed by atoms with Gasteiger partial charge in [-0.05, 0) is 37.6 Å². The van der Waals surface area contributed by atoms with E-state index in [-0.39, 0.29) is 0 Å². The lowest BCUT2D eigenvalue weighted by Crippen LogP contribution is -2.49. The molecule has 0 aliphatic carbocycles. The largest absolute Gasteiger partial charge is 0.385 e. The second-order valence-corrected chi connectivity index (χ2v) is 5.10. The summed E-state index contributed by atoms with van der Waals surface area (Å²) in [7, 11) is 2.22. The molecule has 2 rings (SSSR count). The fourth-order valence-corrected chi connectivity index (χ4v) is 2.43. The fourth-order valence-electron chi connectivity index (χ4n) is 2.43. The first-order valence-electron chi connectivity index (χ1n) is 7.03. The third kappa shape index (κ3) is 3.72. The van der Waals surface area contributed by atoms with Crippen molar-refractivity contribution in [3.8, 4) is 0 Å². The van der Waals surface area contributed by atoms with Crippen LogP contribution in [0.15, 0.2) is 24.3 Å². The van der Waals surface area contributed by atoms with Crippen LogP contribution in [0.3, 0.4) is 0 Å². The van der Waals surface area contributed by atoms with Gasteiger partial charge in [0, 0.05) is 37.9 Å². The van der Waals surface area contributed by atoms with E-state index in [1.807, 2.05) is 0 Å². The summed E-state index contributed by atoms with van der Waals surface area (Å²) in [5, 5.41) is 6.97. The maximum atomic E-state index is 3.51. The van der Waals surface area contributed by atoms with Crippen LogP contribution in [0.2, 0.25) is 0 Å². The molecule has 1 fully saturated rings. The number of nitrogens with zero attached hydrogens (tertiary/aromatic N) is 1. The van der Waals surface area contributed by atoms with Crippen LogP contribution in [-0.4, -0.2) is 44.2 Å². The van der Waals surface area contributed by atoms with E-state index in [9.17, 15) is 0 Å². The first-order valence-corrected chi connectivity index (χ1v) is 7.03. The summed E-state index contributed by atoms with van der Waals surface area (Å²) in [5.41, 5.74) is 2.63. The van der Waals surface area contributed by atoms with E-state index in [4.69, 9.17) is 0 Å². The lowest BCUT2D eigenvalue weighted by Gasteiger charge is -2.33. The van der Waals surface area contributed by atoms with Crippen LogP contribution in [-0.2, 0) is 6.42 Å². The Kier molecular flexibility index (Phi) is 5.02. The Morgan fingerprint density at radius 1 is 1.33 bits per heavy atom. The van der Waals surface area contributed by atoms with Gasteiger partial charge in [0.25, 0.3) is 0 Å². The number of piperazine rings is 1. The molecule has 0 aromatic heterocycles. The molecule has 3 nitrogen and oxygen atoms in total. The van der Waals surface area contributed by atoms with Gasteiger partial charge in [0.15, 0.2) is 0 Å². The van der Waals surface area contributed by atoms with Gasteiger partial charge in [0.1, 0.15) is 0 Å². The lowest BCUT2D eigenvalue weighted by atomic mass is 10.1. The van der Waals surface area contributed by atoms with Gasteiger partial charge >= 0.3 is 0 Å². The van der Waals surface area contributed by atoms with Crippen molar-refractivity contribution in [3.63, 3.8) is 0 Å². The molecule has 1 aliphatic rings. The number of benzene rings is 1. The molecule has 0 amide bonds. The van der Waals surface area contributed by atoms with Gasteiger partial charge in [-0.15, -0.1) is 0 Å². The van der Waals surface area contributed by atoms with Crippen LogP contribution in [0.5, 0.6) is 0 Å². The molecule has 1 aromatic carbocycles. The summed E-state index contributed by atoms with van der Waals surface area (Å²) in [6, 6.07) is 9.44. The third-order valence-corrected chi connectivity index (χ3v) is 3.81. The molecule has 1 aromatic rings. The van der Waals surface area contributed by atoms with Crippen molar-refractivity contribution in [3.05, 3.63) is 29.8 Å². The molecular formula is C15H25N3. The Hall–Kier alpha value is -1.06. The standard InChI is InChI=1S/C15H25N3/c1-3-13-4-6-14(7-5-13)17-9-8-15-12-16-10-11-18(15)2/h4-7,15-17H,3,8-12H2,1-2H3. The minimum atomic E-state index is 0.668. The SMILES string of the molecule is CCc1ccc(NCCC2CNCCN2C)cc1. The first kappa shape index (κ1) is 13.4. The number of hydrogen-bond acceptors (Lipinski definition) is 3. The minimum absolute atomic E-state index is 0.668. The van der Waals surface area contributed by atoms with Gasteiger partial charge in [-0.25, -0.2) is 0 Å². The van der Waals surface area contributed by atoms with Gasteiger partial charge in [0.2, 0.25) is 0 Å². The zero-order valence-corrected chi connectivity index (χ0v) is 11.6. The molecule has 2 N–H and O–H groups in total. The molecule has 1 unspecified atom stereocenters. The van der Waals surface area contributed by atoms with Gasteiger partial charge in [-0.2, -0.15) is 0 Å². The molecule has 0 radical (unpaired) electrons. The van der Waals surface area contributed by atoms with Crippen molar-refractivity contribution in [2.75, 3.05) is 38.5 Å². The average molecular weight is 247 g/mol. The summed E-state index contributed by atoms with van der Waals surface area (Å²) in [6.07, 6.45) is 2.30. The zero-order chi connectivity index (χ0) is 12.8. The van der Waals surface area contributed by atoms with Gasteiger partial charge < -0.3 is 15.5 Å². The number of rotatable bonds is 5. The van der Waals surface area contributed by atoms with Crippen molar-refractivity contribution in [1.82, 2.24) is 10.2 Å². The number of likely N-dealkylation sites (N-methyl/N-ethyl adjacent to an activating group) is 1. The number of aryl methyl sites for hydroxylation is 1. The number of nitrogens with one attached hydrogen (secondary N) is 2. The van der Waals surface area contributed by atoms with Crippen LogP contribution in [0.1, 0.15) is 18.9 Å². The Morgan fingerprint density at radius 3 is 2.78 bits per heavy atom. The third-order valence-electron chi connectivity index (χ3n) is 3.81. The number of anilines is 1. The summed E-state index contributed by atoms with van der Waals surface area (Å²) < 4.78 is 0. The molecule has 1 aliphatic heterocycles. The topological polar surface area (TPSA) is 27.3 Å². The smallest absolute Gasteiger partial charge is 0.0340 e. The summed E-state index contributed by atoms with van der Waals surface area (Å²) in [6.45, 7) is 6.64. The normalized spacial score (nSPS) is 20.9. The van der Waals surface area contributed by atoms with Crippen LogP contribution in [0.25, 0.3) is 0 Å². The maximum Gasteiger partial charge on any atom is 0.0340 e. The molecule has 1 heterocycles. The Balaban J connectivity index is 1.73. The van der Waals surface area contributed by atoms with Gasteiger partial charge in [-0.1, -0.05) is 19.1 Å². The monoisotopic (exact) mass is 247 g/mol. The molecule has 0 bridgehead atoms. The predicted molar refractivity (Wildman–Crippen MR) is 78.2 cm³/mol. The average Bonchev–Trinajstić information content (AvgIpc) is 2.42. The van der Waals surface area contributed by atoms with E-state index in [1.165, 1.54) is 17.7 Å². The second-order valence-electron chi connectivity index (χ2n) is 5.10. The molecule has 0 saturated carbocycles. The van der Waals surface area contributed by atoms with E-state index in [2.05, 4.69) is 53.8 Å². The summed E-state index contributed by atoms with van der Waals surface area (Å²) >= 11 is 0. The van der Waals surface area contributed by atoms with Gasteiger partial charge in [-0.3, -0.25) is 0 Å². The second kappa shape index (κ2) is 6.76. The van der Waals surface area contributed by atoms with Crippen molar-refractivity contribution >= 4 is 5.69 Å². The molecule has 100 valence electrons. The van der Waals surface area contributed by atoms with E-state index < -0.39 is 0 Å². The highest BCUT2D eigenvalue weighted by Gasteiger charge is 2.17. The lowest BCUT2D eigenvalue weighted by molar-refractivity contribution is 0.194. The highest BCUT2D eigenvalue weighted by Crippen LogP contribution is 2.11. The molecule has 18 heavy (non-hydrogen) atoms. The van der Waals surface area contributed by atoms with Crippen molar-refractivity contribution in [2.45, 2.75) is 25.8 Å². The molecule has 1 atom stereocenters. The van der Waals surface area contributed by atoms with E-state index in [0.717, 1.165) is 32.6 Å². The summed E-state index contributed by atoms with van der Waals surface area (Å²) in [5.74, 6) is 0. The van der Waals surface area contributed by atoms with Crippen LogP contribution >= 0.6 is 0 Å². The minimum Gasteiger partial charge on any atom is -0.385 e. The first-order chi connectivity index (χ1) is 8.79. The van der Waals surface area contributed by atoms with Gasteiger partial charge in [0.05, 0.1) is 0 Å². The van der Waals surface area contributed by atoms with E-state index in [0.29, 0.717) is 6.04 Å². The van der Waals surface area contributed by atoms with Crippen molar-refractivity contribution < 1.29 is 0 Å². The molecule has 1 saturated heterocycles. The Morgan fingerprint density at radius 2 is 2.11 bits per heavy atom. The van der Waals surface area contributed by atoms with Crippen LogP contribution in [0, 0.1) is 0 Å². The van der Waals surface area contributed by atoms with Crippen molar-refractivity contribution in [2.24, 2.45) is 0 Å². The maximum absolute atomic E-state index is 3.51. The Bertz CT molecular complexity index is 347.